The Morgan fingerprint density at radius 2 is 1.83 bits per heavy atom. The molecule has 1 amide bonds. The summed E-state index contributed by atoms with van der Waals surface area (Å²) in [5.41, 5.74) is 6.37. The summed E-state index contributed by atoms with van der Waals surface area (Å²) in [4.78, 5) is 25.7. The number of likely N-dealkylation sites (N-methyl/N-ethyl adjacent to an activating group) is 1. The second-order valence-corrected chi connectivity index (χ2v) is 6.27. The number of anilines is 1. The van der Waals surface area contributed by atoms with E-state index in [0.717, 1.165) is 0 Å². The highest BCUT2D eigenvalue weighted by Crippen LogP contribution is 2.09. The van der Waals surface area contributed by atoms with Crippen LogP contribution in [0, 0.1) is 0 Å². The van der Waals surface area contributed by atoms with Crippen LogP contribution < -0.4 is 11.1 Å². The van der Waals surface area contributed by atoms with Crippen molar-refractivity contribution in [1.29, 1.82) is 0 Å². The number of nitrogen functional groups attached to an aromatic ring is 1. The average Bonchev–Trinajstić information content (AvgIpc) is 2.45. The molecular weight excluding hydrogens is 294 g/mol. The van der Waals surface area contributed by atoms with Crippen molar-refractivity contribution >= 4 is 17.6 Å². The highest BCUT2D eigenvalue weighted by atomic mass is 16.6. The monoisotopic (exact) mass is 321 g/mol. The number of hydrogen-bond acceptors (Lipinski definition) is 5. The van der Waals surface area contributed by atoms with Gasteiger partial charge in [0.25, 0.3) is 5.91 Å². The summed E-state index contributed by atoms with van der Waals surface area (Å²) in [6, 6.07) is 6.85. The predicted molar refractivity (Wildman–Crippen MR) is 91.1 cm³/mol. The first-order valence-electron chi connectivity index (χ1n) is 7.80. The Labute approximate surface area is 138 Å². The van der Waals surface area contributed by atoms with Gasteiger partial charge in [-0.15, -0.1) is 0 Å². The van der Waals surface area contributed by atoms with Crippen LogP contribution in [0.4, 0.5) is 5.69 Å². The molecule has 23 heavy (non-hydrogen) atoms. The average molecular weight is 321 g/mol. The molecule has 0 aromatic heterocycles. The molecule has 128 valence electrons. The largest absolute Gasteiger partial charge is 0.459 e. The quantitative estimate of drug-likeness (QED) is 0.453. The molecule has 3 N–H and O–H groups in total. The van der Waals surface area contributed by atoms with Gasteiger partial charge in [0.05, 0.1) is 6.54 Å². The summed E-state index contributed by atoms with van der Waals surface area (Å²) in [5.74, 6) is -0.350. The molecule has 1 rings (SSSR count). The summed E-state index contributed by atoms with van der Waals surface area (Å²) in [6.45, 7) is 9.17. The Balaban J connectivity index is 2.41. The number of nitrogens with zero attached hydrogens (tertiary/aromatic N) is 1. The van der Waals surface area contributed by atoms with Crippen LogP contribution >= 0.6 is 0 Å². The minimum absolute atomic E-state index is 0.0495. The van der Waals surface area contributed by atoms with Gasteiger partial charge in [0.1, 0.15) is 5.60 Å². The van der Waals surface area contributed by atoms with Crippen LogP contribution in [0.5, 0.6) is 0 Å². The molecule has 0 radical (unpaired) electrons. The number of nitrogens with two attached hydrogens (primary N) is 1. The van der Waals surface area contributed by atoms with E-state index in [9.17, 15) is 9.59 Å². The van der Waals surface area contributed by atoms with Gasteiger partial charge >= 0.3 is 5.97 Å². The fourth-order valence-electron chi connectivity index (χ4n) is 1.99. The van der Waals surface area contributed by atoms with Gasteiger partial charge in [-0.1, -0.05) is 0 Å². The summed E-state index contributed by atoms with van der Waals surface area (Å²) in [6.07, 6.45) is 0. The van der Waals surface area contributed by atoms with Gasteiger partial charge in [-0.3, -0.25) is 9.59 Å². The van der Waals surface area contributed by atoms with Crippen molar-refractivity contribution in [2.45, 2.75) is 33.3 Å². The fourth-order valence-corrected chi connectivity index (χ4v) is 1.99. The van der Waals surface area contributed by atoms with Crippen LogP contribution in [0.1, 0.15) is 38.1 Å². The lowest BCUT2D eigenvalue weighted by molar-refractivity contribution is -0.153. The van der Waals surface area contributed by atoms with Gasteiger partial charge in [0.2, 0.25) is 0 Å². The maximum absolute atomic E-state index is 12.4. The van der Waals surface area contributed by atoms with E-state index in [0.29, 0.717) is 30.9 Å². The predicted octanol–water partition coefficient (Wildman–Crippen LogP) is 1.66. The normalized spacial score (nSPS) is 11.1. The standard InChI is InChI=1S/C17H27N3O3/c1-5-20(16(22)13-6-8-14(18)9-7-13)11-10-19-12-15(21)23-17(2,3)4/h6-9,19H,5,10-12,18H2,1-4H3. The smallest absolute Gasteiger partial charge is 0.320 e. The molecule has 0 saturated carbocycles. The Morgan fingerprint density at radius 3 is 2.35 bits per heavy atom. The second-order valence-electron chi connectivity index (χ2n) is 6.27. The first-order chi connectivity index (χ1) is 10.7. The molecule has 1 aromatic carbocycles. The van der Waals surface area contributed by atoms with Crippen LogP contribution in [0.2, 0.25) is 0 Å². The number of rotatable bonds is 7. The molecule has 1 aromatic rings. The van der Waals surface area contributed by atoms with Crippen molar-refractivity contribution in [3.8, 4) is 0 Å². The van der Waals surface area contributed by atoms with E-state index < -0.39 is 5.60 Å². The molecule has 0 heterocycles. The summed E-state index contributed by atoms with van der Waals surface area (Å²) < 4.78 is 5.21. The third kappa shape index (κ3) is 7.15. The number of esters is 1. The zero-order valence-electron chi connectivity index (χ0n) is 14.4. The third-order valence-corrected chi connectivity index (χ3v) is 3.07. The number of carbonyl (C=O) groups is 2. The lowest BCUT2D eigenvalue weighted by Gasteiger charge is -2.22. The molecule has 0 aliphatic carbocycles. The molecule has 0 aliphatic rings. The number of amides is 1. The van der Waals surface area contributed by atoms with E-state index in [1.165, 1.54) is 0 Å². The van der Waals surface area contributed by atoms with Gasteiger partial charge in [-0.05, 0) is 52.0 Å². The summed E-state index contributed by atoms with van der Waals surface area (Å²) in [7, 11) is 0. The molecule has 0 atom stereocenters. The molecule has 0 unspecified atom stereocenters. The molecule has 6 nitrogen and oxygen atoms in total. The summed E-state index contributed by atoms with van der Waals surface area (Å²) >= 11 is 0. The lowest BCUT2D eigenvalue weighted by atomic mass is 10.2. The van der Waals surface area contributed by atoms with Crippen molar-refractivity contribution in [2.75, 3.05) is 31.9 Å². The molecule has 0 aliphatic heterocycles. The Morgan fingerprint density at radius 1 is 1.22 bits per heavy atom. The molecule has 0 spiro atoms. The molecule has 6 heteroatoms. The highest BCUT2D eigenvalue weighted by Gasteiger charge is 2.16. The zero-order valence-corrected chi connectivity index (χ0v) is 14.4. The van der Waals surface area contributed by atoms with E-state index in [-0.39, 0.29) is 18.4 Å². The van der Waals surface area contributed by atoms with Crippen molar-refractivity contribution in [3.05, 3.63) is 29.8 Å². The minimum Gasteiger partial charge on any atom is -0.459 e. The highest BCUT2D eigenvalue weighted by molar-refractivity contribution is 5.94. The van der Waals surface area contributed by atoms with Gasteiger partial charge in [-0.2, -0.15) is 0 Å². The van der Waals surface area contributed by atoms with Gasteiger partial charge in [0, 0.05) is 30.9 Å². The van der Waals surface area contributed by atoms with Gasteiger partial charge in [-0.25, -0.2) is 0 Å². The van der Waals surface area contributed by atoms with Crippen LogP contribution in [-0.2, 0) is 9.53 Å². The van der Waals surface area contributed by atoms with E-state index >= 15 is 0 Å². The van der Waals surface area contributed by atoms with Crippen LogP contribution in [0.3, 0.4) is 0 Å². The lowest BCUT2D eigenvalue weighted by Crippen LogP contribution is -2.39. The Hall–Kier alpha value is -2.08. The maximum Gasteiger partial charge on any atom is 0.320 e. The van der Waals surface area contributed by atoms with Gasteiger partial charge < -0.3 is 20.7 Å². The number of benzene rings is 1. The minimum atomic E-state index is -0.487. The third-order valence-electron chi connectivity index (χ3n) is 3.07. The van der Waals surface area contributed by atoms with Gasteiger partial charge in [0.15, 0.2) is 0 Å². The van der Waals surface area contributed by atoms with Crippen LogP contribution in [-0.4, -0.2) is 48.6 Å². The Kier molecular flexibility index (Phi) is 7.03. The van der Waals surface area contributed by atoms with Crippen molar-refractivity contribution < 1.29 is 14.3 Å². The second kappa shape index (κ2) is 8.53. The van der Waals surface area contributed by atoms with Crippen molar-refractivity contribution in [1.82, 2.24) is 10.2 Å². The topological polar surface area (TPSA) is 84.7 Å². The fraction of sp³-hybridized carbons (Fsp3) is 0.529. The molecule has 0 saturated heterocycles. The number of ether oxygens (including phenoxy) is 1. The molecule has 0 fully saturated rings. The SMILES string of the molecule is CCN(CCNCC(=O)OC(C)(C)C)C(=O)c1ccc(N)cc1. The summed E-state index contributed by atoms with van der Waals surface area (Å²) in [5, 5.41) is 3.00. The molecular formula is C17H27N3O3. The first kappa shape index (κ1) is 19.0. The van der Waals surface area contributed by atoms with E-state index in [1.807, 2.05) is 27.7 Å². The number of nitrogens with one attached hydrogen (secondary N) is 1. The first-order valence-corrected chi connectivity index (χ1v) is 7.80. The number of hydrogen-bond donors (Lipinski definition) is 2. The number of carbonyl (C=O) groups excluding carboxylic acids is 2. The van der Waals surface area contributed by atoms with E-state index in [4.69, 9.17) is 10.5 Å². The van der Waals surface area contributed by atoms with Crippen LogP contribution in [0.25, 0.3) is 0 Å². The maximum atomic E-state index is 12.4. The molecule has 0 bridgehead atoms. The van der Waals surface area contributed by atoms with Crippen molar-refractivity contribution in [3.63, 3.8) is 0 Å². The van der Waals surface area contributed by atoms with E-state index in [1.54, 1.807) is 29.2 Å². The van der Waals surface area contributed by atoms with Crippen molar-refractivity contribution in [2.24, 2.45) is 0 Å². The Bertz CT molecular complexity index is 521. The van der Waals surface area contributed by atoms with Crippen LogP contribution in [0.15, 0.2) is 24.3 Å². The zero-order chi connectivity index (χ0) is 17.5. The van der Waals surface area contributed by atoms with E-state index in [2.05, 4.69) is 5.32 Å².